The molecule has 5 nitrogen and oxygen atoms in total. The number of benzene rings is 1. The van der Waals surface area contributed by atoms with Crippen LogP contribution >= 0.6 is 15.9 Å². The van der Waals surface area contributed by atoms with E-state index < -0.39 is 5.60 Å². The van der Waals surface area contributed by atoms with E-state index in [-0.39, 0.29) is 0 Å². The number of hydrogen-bond donors (Lipinski definition) is 1. The van der Waals surface area contributed by atoms with Crippen molar-refractivity contribution in [3.8, 4) is 11.5 Å². The van der Waals surface area contributed by atoms with Crippen molar-refractivity contribution >= 4 is 21.6 Å². The molecule has 1 heterocycles. The first-order valence-electron chi connectivity index (χ1n) is 6.53. The molecular formula is C14H18BrN3O2. The Labute approximate surface area is 126 Å². The molecule has 0 saturated carbocycles. The van der Waals surface area contributed by atoms with E-state index in [1.165, 1.54) is 0 Å². The number of ether oxygens (including phenoxy) is 1. The Morgan fingerprint density at radius 3 is 2.80 bits per heavy atom. The molecule has 0 amide bonds. The third-order valence-corrected chi connectivity index (χ3v) is 3.95. The van der Waals surface area contributed by atoms with Crippen LogP contribution in [0.15, 0.2) is 27.2 Å². The zero-order valence-electron chi connectivity index (χ0n) is 11.8. The number of hydrogen-bond acceptors (Lipinski definition) is 5. The molecule has 1 atom stereocenters. The molecule has 1 aromatic carbocycles. The smallest absolute Gasteiger partial charge is 0.259 e. The van der Waals surface area contributed by atoms with Crippen LogP contribution < -0.4 is 5.73 Å². The highest BCUT2D eigenvalue weighted by Crippen LogP contribution is 2.32. The van der Waals surface area contributed by atoms with Crippen molar-refractivity contribution in [3.05, 3.63) is 28.5 Å². The molecule has 0 aliphatic rings. The number of nitrogen functional groups attached to an aromatic ring is 1. The fourth-order valence-corrected chi connectivity index (χ4v) is 2.31. The Kier molecular flexibility index (Phi) is 4.45. The maximum atomic E-state index is 5.80. The van der Waals surface area contributed by atoms with E-state index in [1.54, 1.807) is 12.1 Å². The summed E-state index contributed by atoms with van der Waals surface area (Å²) in [6, 6.07) is 5.46. The van der Waals surface area contributed by atoms with Crippen LogP contribution in [-0.4, -0.2) is 16.7 Å². The Balaban J connectivity index is 2.40. The molecule has 1 aromatic heterocycles. The molecule has 0 saturated heterocycles. The van der Waals surface area contributed by atoms with E-state index in [4.69, 9.17) is 15.0 Å². The average molecular weight is 340 g/mol. The normalized spacial score (nSPS) is 14.2. The van der Waals surface area contributed by atoms with Crippen LogP contribution in [0, 0.1) is 0 Å². The van der Waals surface area contributed by atoms with Crippen molar-refractivity contribution in [2.24, 2.45) is 0 Å². The van der Waals surface area contributed by atoms with E-state index in [1.807, 2.05) is 26.8 Å². The molecule has 2 N–H and O–H groups in total. The van der Waals surface area contributed by atoms with Crippen LogP contribution in [0.1, 0.15) is 33.0 Å². The molecule has 2 aromatic rings. The van der Waals surface area contributed by atoms with Gasteiger partial charge >= 0.3 is 0 Å². The van der Waals surface area contributed by atoms with Crippen LogP contribution in [0.25, 0.3) is 11.5 Å². The van der Waals surface area contributed by atoms with Crippen molar-refractivity contribution in [3.63, 3.8) is 0 Å². The molecule has 0 radical (unpaired) electrons. The lowest BCUT2D eigenvalue weighted by Crippen LogP contribution is -2.26. The molecule has 6 heteroatoms. The van der Waals surface area contributed by atoms with Crippen LogP contribution in [0.5, 0.6) is 0 Å². The molecule has 108 valence electrons. The van der Waals surface area contributed by atoms with Gasteiger partial charge in [-0.3, -0.25) is 0 Å². The predicted octanol–water partition coefficient (Wildman–Crippen LogP) is 3.74. The van der Waals surface area contributed by atoms with Gasteiger partial charge in [0.25, 0.3) is 5.89 Å². The Morgan fingerprint density at radius 2 is 2.15 bits per heavy atom. The molecule has 1 unspecified atom stereocenters. The summed E-state index contributed by atoms with van der Waals surface area (Å²) in [7, 11) is 0. The van der Waals surface area contributed by atoms with Crippen LogP contribution in [0.2, 0.25) is 0 Å². The zero-order chi connectivity index (χ0) is 14.8. The number of nitrogens with zero attached hydrogens (tertiary/aromatic N) is 2. The lowest BCUT2D eigenvalue weighted by molar-refractivity contribution is -0.0403. The van der Waals surface area contributed by atoms with E-state index in [9.17, 15) is 0 Å². The summed E-state index contributed by atoms with van der Waals surface area (Å²) in [5.41, 5.74) is 6.68. The molecule has 0 spiro atoms. The monoisotopic (exact) mass is 339 g/mol. The minimum Gasteiger partial charge on any atom is -0.399 e. The SMILES string of the molecule is CCOC(C)(CC)c1noc(-c2cc(N)ccc2Br)n1. The maximum Gasteiger partial charge on any atom is 0.259 e. The van der Waals surface area contributed by atoms with E-state index >= 15 is 0 Å². The van der Waals surface area contributed by atoms with Crippen LogP contribution in [0.4, 0.5) is 5.69 Å². The first-order chi connectivity index (χ1) is 9.50. The summed E-state index contributed by atoms with van der Waals surface area (Å²) in [5.74, 6) is 0.977. The van der Waals surface area contributed by atoms with Gasteiger partial charge in [0.05, 0.1) is 5.56 Å². The fraction of sp³-hybridized carbons (Fsp3) is 0.429. The molecule has 0 fully saturated rings. The largest absolute Gasteiger partial charge is 0.399 e. The summed E-state index contributed by atoms with van der Waals surface area (Å²) in [6.07, 6.45) is 0.762. The van der Waals surface area contributed by atoms with Crippen LogP contribution in [-0.2, 0) is 10.3 Å². The van der Waals surface area contributed by atoms with E-state index in [0.717, 1.165) is 16.5 Å². The quantitative estimate of drug-likeness (QED) is 0.839. The van der Waals surface area contributed by atoms with Gasteiger partial charge in [-0.15, -0.1) is 0 Å². The standard InChI is InChI=1S/C14H18BrN3O2/c1-4-14(3,19-5-2)13-17-12(20-18-13)10-8-9(16)6-7-11(10)15/h6-8H,4-5,16H2,1-3H3. The van der Waals surface area contributed by atoms with Gasteiger partial charge < -0.3 is 15.0 Å². The number of anilines is 1. The first-order valence-corrected chi connectivity index (χ1v) is 7.33. The number of halogens is 1. The molecule has 0 aliphatic carbocycles. The van der Waals surface area contributed by atoms with Gasteiger partial charge in [0.15, 0.2) is 0 Å². The minimum absolute atomic E-state index is 0.429. The third kappa shape index (κ3) is 2.86. The van der Waals surface area contributed by atoms with E-state index in [0.29, 0.717) is 24.0 Å². The van der Waals surface area contributed by atoms with Gasteiger partial charge in [-0.1, -0.05) is 12.1 Å². The highest BCUT2D eigenvalue weighted by Gasteiger charge is 2.31. The van der Waals surface area contributed by atoms with Crippen molar-refractivity contribution in [2.75, 3.05) is 12.3 Å². The van der Waals surface area contributed by atoms with Crippen LogP contribution in [0.3, 0.4) is 0 Å². The topological polar surface area (TPSA) is 74.2 Å². The first kappa shape index (κ1) is 15.0. The molecule has 0 bridgehead atoms. The molecule has 20 heavy (non-hydrogen) atoms. The molecule has 2 rings (SSSR count). The Morgan fingerprint density at radius 1 is 1.40 bits per heavy atom. The number of aromatic nitrogens is 2. The molecule has 0 aliphatic heterocycles. The van der Waals surface area contributed by atoms with Gasteiger partial charge in [-0.2, -0.15) is 4.98 Å². The highest BCUT2D eigenvalue weighted by molar-refractivity contribution is 9.10. The Hall–Kier alpha value is -1.40. The van der Waals surface area contributed by atoms with Gasteiger partial charge in [0, 0.05) is 16.8 Å². The highest BCUT2D eigenvalue weighted by atomic mass is 79.9. The predicted molar refractivity (Wildman–Crippen MR) is 81.1 cm³/mol. The lowest BCUT2D eigenvalue weighted by Gasteiger charge is -2.23. The van der Waals surface area contributed by atoms with Crippen molar-refractivity contribution < 1.29 is 9.26 Å². The summed E-state index contributed by atoms with van der Waals surface area (Å²) in [4.78, 5) is 4.46. The zero-order valence-corrected chi connectivity index (χ0v) is 13.4. The molecular weight excluding hydrogens is 322 g/mol. The third-order valence-electron chi connectivity index (χ3n) is 3.26. The van der Waals surface area contributed by atoms with E-state index in [2.05, 4.69) is 26.1 Å². The average Bonchev–Trinajstić information content (AvgIpc) is 2.92. The minimum atomic E-state index is -0.538. The second-order valence-corrected chi connectivity index (χ2v) is 5.53. The van der Waals surface area contributed by atoms with Gasteiger partial charge in [-0.25, -0.2) is 0 Å². The van der Waals surface area contributed by atoms with Gasteiger partial charge in [0.1, 0.15) is 5.60 Å². The summed E-state index contributed by atoms with van der Waals surface area (Å²) < 4.78 is 12.0. The number of rotatable bonds is 5. The number of nitrogens with two attached hydrogens (primary N) is 1. The second kappa shape index (κ2) is 5.93. The fourth-order valence-electron chi connectivity index (χ4n) is 1.90. The van der Waals surface area contributed by atoms with Crippen molar-refractivity contribution in [2.45, 2.75) is 32.8 Å². The maximum absolute atomic E-state index is 5.80. The summed E-state index contributed by atoms with van der Waals surface area (Å²) in [5, 5.41) is 4.05. The van der Waals surface area contributed by atoms with Gasteiger partial charge in [-0.05, 0) is 54.4 Å². The van der Waals surface area contributed by atoms with Gasteiger partial charge in [0.2, 0.25) is 5.82 Å². The second-order valence-electron chi connectivity index (χ2n) is 4.68. The summed E-state index contributed by atoms with van der Waals surface area (Å²) in [6.45, 7) is 6.53. The Bertz CT molecular complexity index is 600. The van der Waals surface area contributed by atoms with Crippen molar-refractivity contribution in [1.29, 1.82) is 0 Å². The lowest BCUT2D eigenvalue weighted by atomic mass is 10.0. The van der Waals surface area contributed by atoms with Crippen molar-refractivity contribution in [1.82, 2.24) is 10.1 Å². The summed E-state index contributed by atoms with van der Waals surface area (Å²) >= 11 is 3.46.